The second-order valence-electron chi connectivity index (χ2n) is 2.10. The van der Waals surface area contributed by atoms with Gasteiger partial charge in [-0.25, -0.2) is 9.67 Å². The third-order valence-corrected chi connectivity index (χ3v) is 1.42. The van der Waals surface area contributed by atoms with Crippen molar-refractivity contribution in [1.29, 1.82) is 0 Å². The second-order valence-corrected chi connectivity index (χ2v) is 2.47. The molecule has 0 spiro atoms. The minimum Gasteiger partial charge on any atom is -0.245 e. The molecule has 1 aromatic rings. The topological polar surface area (TPSA) is 67.8 Å². The summed E-state index contributed by atoms with van der Waals surface area (Å²) < 4.78 is 1.60. The fraction of sp³-hybridized carbons (Fsp3) is 0.200. The molecule has 2 rings (SSSR count). The normalized spacial score (nSPS) is 15.3. The maximum absolute atomic E-state index is 4.70. The highest BCUT2D eigenvalue weighted by Gasteiger charge is 2.07. The van der Waals surface area contributed by atoms with Gasteiger partial charge in [-0.3, -0.25) is 0 Å². The Labute approximate surface area is 73.0 Å². The summed E-state index contributed by atoms with van der Waals surface area (Å²) in [6.07, 6.45) is 3.03. The van der Waals surface area contributed by atoms with Crippen LogP contribution in [0.15, 0.2) is 27.9 Å². The van der Waals surface area contributed by atoms with Crippen LogP contribution in [-0.4, -0.2) is 25.7 Å². The molecule has 0 unspecified atom stereocenters. The van der Waals surface area contributed by atoms with Crippen LogP contribution in [0.4, 0.5) is 0 Å². The van der Waals surface area contributed by atoms with Crippen LogP contribution in [0.1, 0.15) is 0 Å². The molecule has 2 heterocycles. The lowest BCUT2D eigenvalue weighted by Crippen LogP contribution is -2.06. The van der Waals surface area contributed by atoms with Gasteiger partial charge in [-0.05, 0) is 12.2 Å². The molecule has 0 aromatic carbocycles. The average Bonchev–Trinajstić information content (AvgIpc) is 2.63. The number of thiocarbonyl (C=S) groups is 1. The van der Waals surface area contributed by atoms with Crippen molar-refractivity contribution >= 4 is 23.2 Å². The molecule has 0 N–H and O–H groups in total. The van der Waals surface area contributed by atoms with Gasteiger partial charge in [0.05, 0.1) is 0 Å². The van der Waals surface area contributed by atoms with Gasteiger partial charge < -0.3 is 0 Å². The Morgan fingerprint density at radius 1 is 1.42 bits per heavy atom. The highest BCUT2D eigenvalue weighted by molar-refractivity contribution is 7.80. The number of aromatic nitrogens is 3. The number of hydrogen-bond acceptors (Lipinski definition) is 4. The molecule has 1 aliphatic heterocycles. The first-order chi connectivity index (χ1) is 5.84. The van der Waals surface area contributed by atoms with Crippen molar-refractivity contribution in [2.75, 3.05) is 0 Å². The van der Waals surface area contributed by atoms with E-state index in [9.17, 15) is 0 Å². The lowest BCUT2D eigenvalue weighted by Gasteiger charge is -1.93. The Morgan fingerprint density at radius 3 is 2.92 bits per heavy atom. The Morgan fingerprint density at radius 2 is 2.33 bits per heavy atom. The zero-order valence-corrected chi connectivity index (χ0v) is 6.77. The van der Waals surface area contributed by atoms with E-state index in [0.29, 0.717) is 12.4 Å². The van der Waals surface area contributed by atoms with Gasteiger partial charge >= 0.3 is 0 Å². The Bertz CT molecular complexity index is 350. The Hall–Kier alpha value is -1.50. The van der Waals surface area contributed by atoms with E-state index >= 15 is 0 Å². The quantitative estimate of drug-likeness (QED) is 0.619. The van der Waals surface area contributed by atoms with Crippen LogP contribution in [0, 0.1) is 0 Å². The molecule has 7 heteroatoms. The van der Waals surface area contributed by atoms with E-state index in [1.165, 1.54) is 6.33 Å². The van der Waals surface area contributed by atoms with Crippen molar-refractivity contribution in [2.45, 2.75) is 6.54 Å². The van der Waals surface area contributed by atoms with Gasteiger partial charge in [-0.1, -0.05) is 0 Å². The van der Waals surface area contributed by atoms with Crippen molar-refractivity contribution in [2.24, 2.45) is 15.2 Å². The maximum Gasteiger partial charge on any atom is 0.241 e. The van der Waals surface area contributed by atoms with Gasteiger partial charge in [0.1, 0.15) is 19.2 Å². The van der Waals surface area contributed by atoms with Crippen molar-refractivity contribution in [1.82, 2.24) is 14.8 Å². The minimum absolute atomic E-state index is 0.269. The molecular formula is C5H4N6S. The van der Waals surface area contributed by atoms with E-state index in [1.807, 2.05) is 0 Å². The van der Waals surface area contributed by atoms with Gasteiger partial charge in [-0.15, -0.1) is 10.2 Å². The highest BCUT2D eigenvalue weighted by Crippen LogP contribution is 2.00. The average molecular weight is 180 g/mol. The predicted molar refractivity (Wildman–Crippen MR) is 44.9 cm³/mol. The fourth-order valence-corrected chi connectivity index (χ4v) is 0.928. The monoisotopic (exact) mass is 180 g/mol. The Balaban J connectivity index is 2.11. The van der Waals surface area contributed by atoms with Gasteiger partial charge in [0, 0.05) is 0 Å². The molecule has 0 aliphatic carbocycles. The summed E-state index contributed by atoms with van der Waals surface area (Å²) in [5.41, 5.74) is 0. The van der Waals surface area contributed by atoms with Gasteiger partial charge in [-0.2, -0.15) is 10.1 Å². The molecule has 0 amide bonds. The fourth-order valence-electron chi connectivity index (χ4n) is 0.782. The van der Waals surface area contributed by atoms with E-state index < -0.39 is 0 Å². The van der Waals surface area contributed by atoms with Crippen LogP contribution >= 0.6 is 12.2 Å². The zero-order chi connectivity index (χ0) is 8.39. The molecule has 0 bridgehead atoms. The van der Waals surface area contributed by atoms with E-state index in [4.69, 9.17) is 12.2 Å². The molecule has 12 heavy (non-hydrogen) atoms. The van der Waals surface area contributed by atoms with E-state index in [1.54, 1.807) is 11.0 Å². The third-order valence-electron chi connectivity index (χ3n) is 1.25. The largest absolute Gasteiger partial charge is 0.245 e. The molecule has 0 saturated carbocycles. The van der Waals surface area contributed by atoms with Crippen molar-refractivity contribution in [3.63, 3.8) is 0 Å². The van der Waals surface area contributed by atoms with Gasteiger partial charge in [0.25, 0.3) is 0 Å². The van der Waals surface area contributed by atoms with Gasteiger partial charge in [0.2, 0.25) is 5.11 Å². The molecule has 6 nitrogen and oxygen atoms in total. The molecule has 0 radical (unpaired) electrons. The van der Waals surface area contributed by atoms with Crippen LogP contribution in [0.3, 0.4) is 0 Å². The van der Waals surface area contributed by atoms with E-state index in [2.05, 4.69) is 25.3 Å². The molecular weight excluding hydrogens is 176 g/mol. The molecule has 0 atom stereocenters. The summed E-state index contributed by atoms with van der Waals surface area (Å²) in [4.78, 5) is 7.66. The van der Waals surface area contributed by atoms with Crippen molar-refractivity contribution < 1.29 is 0 Å². The lowest BCUT2D eigenvalue weighted by atomic mass is 10.6. The standard InChI is InChI=1S/C5H4N6S/c12-5-8-4(9-10-5)1-11-3-6-2-7-11/h2-3H,1H2. The summed E-state index contributed by atoms with van der Waals surface area (Å²) in [7, 11) is 0. The first kappa shape index (κ1) is 7.17. The highest BCUT2D eigenvalue weighted by atomic mass is 32.1. The third kappa shape index (κ3) is 1.40. The van der Waals surface area contributed by atoms with Crippen LogP contribution in [0.25, 0.3) is 0 Å². The number of aliphatic imine (C=N–C) groups is 1. The lowest BCUT2D eigenvalue weighted by molar-refractivity contribution is 0.718. The van der Waals surface area contributed by atoms with E-state index in [0.717, 1.165) is 0 Å². The maximum atomic E-state index is 4.70. The summed E-state index contributed by atoms with van der Waals surface area (Å²) in [6.45, 7) is 0.462. The summed E-state index contributed by atoms with van der Waals surface area (Å²) in [6, 6.07) is 0. The van der Waals surface area contributed by atoms with Crippen LogP contribution in [-0.2, 0) is 6.54 Å². The summed E-state index contributed by atoms with van der Waals surface area (Å²) in [5.74, 6) is 0.561. The molecule has 1 aromatic heterocycles. The summed E-state index contributed by atoms with van der Waals surface area (Å²) >= 11 is 4.70. The zero-order valence-electron chi connectivity index (χ0n) is 5.95. The predicted octanol–water partition coefficient (Wildman–Crippen LogP) is 0.427. The molecule has 0 saturated heterocycles. The SMILES string of the molecule is S=C1N=NC(Cn2cncn2)=N1. The Kier molecular flexibility index (Phi) is 1.71. The molecule has 60 valence electrons. The van der Waals surface area contributed by atoms with Crippen LogP contribution in [0.5, 0.6) is 0 Å². The first-order valence-electron chi connectivity index (χ1n) is 3.20. The number of rotatable bonds is 2. The number of hydrogen-bond donors (Lipinski definition) is 0. The van der Waals surface area contributed by atoms with Crippen LogP contribution < -0.4 is 0 Å². The van der Waals surface area contributed by atoms with Crippen molar-refractivity contribution in [3.8, 4) is 0 Å². The smallest absolute Gasteiger partial charge is 0.241 e. The minimum atomic E-state index is 0.269. The second kappa shape index (κ2) is 2.86. The van der Waals surface area contributed by atoms with Gasteiger partial charge in [0.15, 0.2) is 5.84 Å². The molecule has 0 fully saturated rings. The summed E-state index contributed by atoms with van der Waals surface area (Å²) in [5, 5.41) is 11.5. The molecule has 1 aliphatic rings. The van der Waals surface area contributed by atoms with Crippen LogP contribution in [0.2, 0.25) is 0 Å². The first-order valence-corrected chi connectivity index (χ1v) is 3.61. The van der Waals surface area contributed by atoms with E-state index in [-0.39, 0.29) is 5.11 Å². The van der Waals surface area contributed by atoms with Crippen molar-refractivity contribution in [3.05, 3.63) is 12.7 Å². The number of amidine groups is 1. The number of nitrogens with zero attached hydrogens (tertiary/aromatic N) is 6. The number of azo groups is 1.